The second-order valence-electron chi connectivity index (χ2n) is 5.17. The number of benzene rings is 1. The van der Waals surface area contributed by atoms with Gasteiger partial charge in [-0.3, -0.25) is 0 Å². The van der Waals surface area contributed by atoms with Crippen LogP contribution < -0.4 is 9.47 Å². The summed E-state index contributed by atoms with van der Waals surface area (Å²) >= 11 is 0. The van der Waals surface area contributed by atoms with Crippen LogP contribution in [0, 0.1) is 0 Å². The molecule has 1 atom stereocenters. The summed E-state index contributed by atoms with van der Waals surface area (Å²) in [5.74, 6) is -1.27. The highest BCUT2D eigenvalue weighted by Gasteiger charge is 2.33. The number of alkyl halides is 3. The third-order valence-electron chi connectivity index (χ3n) is 3.10. The molecule has 0 saturated carbocycles. The Hall–Kier alpha value is -2.00. The fraction of sp³-hybridized carbons (Fsp3) is 0.286. The first-order valence-electron chi connectivity index (χ1n) is 6.58. The highest BCUT2D eigenvalue weighted by molar-refractivity contribution is 6.52. The zero-order chi connectivity index (χ0) is 17.3. The second kappa shape index (κ2) is 6.25. The van der Waals surface area contributed by atoms with Crippen molar-refractivity contribution >= 4 is 7.12 Å². The molecule has 0 radical (unpaired) electrons. The van der Waals surface area contributed by atoms with E-state index in [2.05, 4.69) is 4.74 Å². The molecule has 1 aromatic rings. The van der Waals surface area contributed by atoms with Crippen LogP contribution in [0.4, 0.5) is 17.6 Å². The molecule has 0 aliphatic heterocycles. The molecule has 23 heavy (non-hydrogen) atoms. The average molecular weight is 332 g/mol. The number of hydrogen-bond donors (Lipinski definition) is 2. The zero-order valence-electron chi connectivity index (χ0n) is 12.0. The van der Waals surface area contributed by atoms with Crippen LogP contribution in [-0.2, 0) is 0 Å². The summed E-state index contributed by atoms with van der Waals surface area (Å²) in [5.41, 5.74) is -1.46. The van der Waals surface area contributed by atoms with Crippen LogP contribution >= 0.6 is 0 Å². The van der Waals surface area contributed by atoms with E-state index in [4.69, 9.17) is 14.8 Å². The summed E-state index contributed by atoms with van der Waals surface area (Å²) in [6.45, 7) is 1.51. The molecule has 2 rings (SSSR count). The van der Waals surface area contributed by atoms with Crippen molar-refractivity contribution in [3.63, 3.8) is 0 Å². The molecule has 1 aliphatic carbocycles. The Morgan fingerprint density at radius 2 is 1.87 bits per heavy atom. The van der Waals surface area contributed by atoms with Crippen LogP contribution in [-0.4, -0.2) is 29.1 Å². The van der Waals surface area contributed by atoms with Gasteiger partial charge in [-0.15, -0.1) is 13.2 Å². The normalized spacial score (nSPS) is 21.3. The van der Waals surface area contributed by atoms with Crippen molar-refractivity contribution in [2.75, 3.05) is 0 Å². The Morgan fingerprint density at radius 3 is 2.43 bits per heavy atom. The maximum Gasteiger partial charge on any atom is 0.573 e. The van der Waals surface area contributed by atoms with Gasteiger partial charge in [-0.25, -0.2) is 4.39 Å². The number of halogens is 4. The molecule has 1 aliphatic rings. The molecule has 0 amide bonds. The molecule has 124 valence electrons. The lowest BCUT2D eigenvalue weighted by atomic mass is 9.74. The maximum absolute atomic E-state index is 13.8. The maximum atomic E-state index is 13.8. The van der Waals surface area contributed by atoms with Gasteiger partial charge < -0.3 is 19.5 Å². The fourth-order valence-corrected chi connectivity index (χ4v) is 2.12. The predicted molar refractivity (Wildman–Crippen MR) is 74.2 cm³/mol. The van der Waals surface area contributed by atoms with Crippen molar-refractivity contribution in [2.24, 2.45) is 0 Å². The molecule has 0 heterocycles. The van der Waals surface area contributed by atoms with Crippen molar-refractivity contribution in [3.8, 4) is 11.5 Å². The largest absolute Gasteiger partial charge is 0.573 e. The second-order valence-corrected chi connectivity index (χ2v) is 5.17. The fourth-order valence-electron chi connectivity index (χ4n) is 2.12. The van der Waals surface area contributed by atoms with E-state index in [1.54, 1.807) is 0 Å². The van der Waals surface area contributed by atoms with E-state index in [9.17, 15) is 17.6 Å². The van der Waals surface area contributed by atoms with Gasteiger partial charge in [0.05, 0.1) is 0 Å². The quantitative estimate of drug-likeness (QED) is 0.658. The van der Waals surface area contributed by atoms with Gasteiger partial charge in [-0.2, -0.15) is 0 Å². The molecule has 0 bridgehead atoms. The number of allylic oxidation sites excluding steroid dienone is 2. The molecule has 9 heteroatoms. The SMILES string of the molecule is CC1(Oc2cccc(OC(F)(F)F)c2)C=C(F)C(B(O)O)=CC1. The summed E-state index contributed by atoms with van der Waals surface area (Å²) in [7, 11) is -1.95. The zero-order valence-corrected chi connectivity index (χ0v) is 12.0. The van der Waals surface area contributed by atoms with Gasteiger partial charge in [-0.05, 0) is 25.1 Å². The monoisotopic (exact) mass is 332 g/mol. The minimum atomic E-state index is -4.83. The van der Waals surface area contributed by atoms with Gasteiger partial charge in [0, 0.05) is 18.0 Å². The van der Waals surface area contributed by atoms with Crippen LogP contribution in [0.3, 0.4) is 0 Å². The van der Waals surface area contributed by atoms with Crippen molar-refractivity contribution in [3.05, 3.63) is 47.7 Å². The van der Waals surface area contributed by atoms with Crippen molar-refractivity contribution in [2.45, 2.75) is 25.3 Å². The standard InChI is InChI=1S/C14H13BF4O4/c1-13(6-5-11(15(20)21)12(16)8-13)22-9-3-2-4-10(7-9)23-14(17,18)19/h2-5,7-8,20-21H,6H2,1H3. The summed E-state index contributed by atoms with van der Waals surface area (Å²) in [5, 5.41) is 18.0. The highest BCUT2D eigenvalue weighted by atomic mass is 19.4. The molecule has 2 N–H and O–H groups in total. The predicted octanol–water partition coefficient (Wildman–Crippen LogP) is 2.92. The van der Waals surface area contributed by atoms with Crippen molar-refractivity contribution in [1.29, 1.82) is 0 Å². The number of hydrogen-bond acceptors (Lipinski definition) is 4. The summed E-state index contributed by atoms with van der Waals surface area (Å²) in [6, 6.07) is 4.85. The Morgan fingerprint density at radius 1 is 1.22 bits per heavy atom. The molecule has 1 unspecified atom stereocenters. The van der Waals surface area contributed by atoms with Crippen molar-refractivity contribution < 1.29 is 37.1 Å². The van der Waals surface area contributed by atoms with E-state index in [0.29, 0.717) is 0 Å². The molecular weight excluding hydrogens is 319 g/mol. The Balaban J connectivity index is 2.15. The first kappa shape index (κ1) is 17.4. The summed E-state index contributed by atoms with van der Waals surface area (Å²) in [6.07, 6.45) is -2.42. The van der Waals surface area contributed by atoms with E-state index >= 15 is 0 Å². The van der Waals surface area contributed by atoms with Gasteiger partial charge in [0.2, 0.25) is 0 Å². The Labute approximate surface area is 129 Å². The van der Waals surface area contributed by atoms with Crippen molar-refractivity contribution in [1.82, 2.24) is 0 Å². The first-order chi connectivity index (χ1) is 10.6. The summed E-state index contributed by atoms with van der Waals surface area (Å²) in [4.78, 5) is 0. The topological polar surface area (TPSA) is 58.9 Å². The molecule has 0 spiro atoms. The van der Waals surface area contributed by atoms with Crippen LogP contribution in [0.25, 0.3) is 0 Å². The molecule has 4 nitrogen and oxygen atoms in total. The minimum Gasteiger partial charge on any atom is -0.483 e. The van der Waals surface area contributed by atoms with Gasteiger partial charge in [0.15, 0.2) is 0 Å². The van der Waals surface area contributed by atoms with Crippen LogP contribution in [0.2, 0.25) is 0 Å². The summed E-state index contributed by atoms with van der Waals surface area (Å²) < 4.78 is 59.7. The molecule has 0 aromatic heterocycles. The van der Waals surface area contributed by atoms with Gasteiger partial charge in [0.25, 0.3) is 0 Å². The van der Waals surface area contributed by atoms with Gasteiger partial charge in [0.1, 0.15) is 22.9 Å². The van der Waals surface area contributed by atoms with E-state index < -0.39 is 30.7 Å². The van der Waals surface area contributed by atoms with E-state index in [0.717, 1.165) is 18.2 Å². The smallest absolute Gasteiger partial charge is 0.483 e. The lowest BCUT2D eigenvalue weighted by molar-refractivity contribution is -0.274. The lowest BCUT2D eigenvalue weighted by Gasteiger charge is -2.30. The number of ether oxygens (including phenoxy) is 2. The molecular formula is C14H13BF4O4. The average Bonchev–Trinajstić information content (AvgIpc) is 2.35. The third kappa shape index (κ3) is 4.74. The Kier molecular flexibility index (Phi) is 4.72. The van der Waals surface area contributed by atoms with E-state index in [1.165, 1.54) is 25.1 Å². The lowest BCUT2D eigenvalue weighted by Crippen LogP contribution is -2.33. The minimum absolute atomic E-state index is 0.0553. The Bertz CT molecular complexity index is 642. The molecule has 1 aromatic carbocycles. The van der Waals surface area contributed by atoms with Crippen LogP contribution in [0.15, 0.2) is 47.7 Å². The van der Waals surface area contributed by atoms with Crippen LogP contribution in [0.5, 0.6) is 11.5 Å². The highest BCUT2D eigenvalue weighted by Crippen LogP contribution is 2.33. The molecule has 0 fully saturated rings. The number of rotatable bonds is 4. The molecule has 0 saturated heterocycles. The first-order valence-corrected chi connectivity index (χ1v) is 6.58. The van der Waals surface area contributed by atoms with E-state index in [1.807, 2.05) is 0 Å². The van der Waals surface area contributed by atoms with Gasteiger partial charge in [-0.1, -0.05) is 12.1 Å². The van der Waals surface area contributed by atoms with Crippen LogP contribution in [0.1, 0.15) is 13.3 Å². The van der Waals surface area contributed by atoms with Gasteiger partial charge >= 0.3 is 13.5 Å². The van der Waals surface area contributed by atoms with E-state index in [-0.39, 0.29) is 17.6 Å². The third-order valence-corrected chi connectivity index (χ3v) is 3.10.